The van der Waals surface area contributed by atoms with Crippen molar-refractivity contribution in [3.63, 3.8) is 0 Å². The van der Waals surface area contributed by atoms with Gasteiger partial charge in [0.25, 0.3) is 0 Å². The van der Waals surface area contributed by atoms with Crippen molar-refractivity contribution in [2.75, 3.05) is 6.67 Å². The Morgan fingerprint density at radius 2 is 2.29 bits per heavy atom. The van der Waals surface area contributed by atoms with Gasteiger partial charge in [0.15, 0.2) is 0 Å². The first-order chi connectivity index (χ1) is 6.64. The van der Waals surface area contributed by atoms with Crippen LogP contribution < -0.4 is 10.5 Å². The summed E-state index contributed by atoms with van der Waals surface area (Å²) in [7, 11) is 0. The molecule has 0 fully saturated rings. The first-order valence-electron chi connectivity index (χ1n) is 4.74. The maximum atomic E-state index is 12.7. The van der Waals surface area contributed by atoms with Crippen molar-refractivity contribution in [1.29, 1.82) is 0 Å². The van der Waals surface area contributed by atoms with Crippen LogP contribution in [0.25, 0.3) is 0 Å². The SMILES string of the molecule is C[C@]1(CF)C[C@@H](N)c2ccccc2O1. The van der Waals surface area contributed by atoms with E-state index in [4.69, 9.17) is 10.5 Å². The Morgan fingerprint density at radius 3 is 3.00 bits per heavy atom. The zero-order chi connectivity index (χ0) is 10.2. The molecule has 2 N–H and O–H groups in total. The summed E-state index contributed by atoms with van der Waals surface area (Å²) < 4.78 is 18.3. The van der Waals surface area contributed by atoms with Crippen LogP contribution in [0.5, 0.6) is 5.75 Å². The molecule has 0 spiro atoms. The minimum atomic E-state index is -0.756. The van der Waals surface area contributed by atoms with Crippen LogP contribution in [0.4, 0.5) is 4.39 Å². The fraction of sp³-hybridized carbons (Fsp3) is 0.455. The van der Waals surface area contributed by atoms with Gasteiger partial charge < -0.3 is 10.5 Å². The zero-order valence-electron chi connectivity index (χ0n) is 8.16. The fourth-order valence-corrected chi connectivity index (χ4v) is 1.84. The summed E-state index contributed by atoms with van der Waals surface area (Å²) in [5.41, 5.74) is 6.17. The third kappa shape index (κ3) is 1.48. The lowest BCUT2D eigenvalue weighted by Gasteiger charge is -2.36. The molecule has 0 amide bonds. The molecule has 76 valence electrons. The highest BCUT2D eigenvalue weighted by Crippen LogP contribution is 2.38. The molecule has 1 heterocycles. The number of alkyl halides is 1. The topological polar surface area (TPSA) is 35.2 Å². The second kappa shape index (κ2) is 3.24. The molecule has 1 aromatic carbocycles. The van der Waals surface area contributed by atoms with E-state index in [-0.39, 0.29) is 6.04 Å². The van der Waals surface area contributed by atoms with Gasteiger partial charge in [-0.3, -0.25) is 0 Å². The van der Waals surface area contributed by atoms with Gasteiger partial charge in [-0.1, -0.05) is 18.2 Å². The Morgan fingerprint density at radius 1 is 1.57 bits per heavy atom. The van der Waals surface area contributed by atoms with Crippen LogP contribution in [-0.4, -0.2) is 12.3 Å². The number of hydrogen-bond donors (Lipinski definition) is 1. The number of benzene rings is 1. The molecule has 0 radical (unpaired) electrons. The van der Waals surface area contributed by atoms with Crippen LogP contribution in [0.15, 0.2) is 24.3 Å². The van der Waals surface area contributed by atoms with Gasteiger partial charge in [0, 0.05) is 18.0 Å². The fourth-order valence-electron chi connectivity index (χ4n) is 1.84. The van der Waals surface area contributed by atoms with Crippen LogP contribution in [0, 0.1) is 0 Å². The van der Waals surface area contributed by atoms with E-state index in [1.165, 1.54) is 0 Å². The third-order valence-electron chi connectivity index (χ3n) is 2.61. The molecule has 1 aliphatic heterocycles. The van der Waals surface area contributed by atoms with Crippen molar-refractivity contribution in [1.82, 2.24) is 0 Å². The lowest BCUT2D eigenvalue weighted by molar-refractivity contribution is 0.0297. The van der Waals surface area contributed by atoms with Gasteiger partial charge in [-0.05, 0) is 13.0 Å². The minimum Gasteiger partial charge on any atom is -0.484 e. The van der Waals surface area contributed by atoms with Crippen LogP contribution in [0.1, 0.15) is 24.9 Å². The smallest absolute Gasteiger partial charge is 0.136 e. The van der Waals surface area contributed by atoms with Crippen molar-refractivity contribution >= 4 is 0 Å². The highest BCUT2D eigenvalue weighted by atomic mass is 19.1. The maximum absolute atomic E-state index is 12.7. The van der Waals surface area contributed by atoms with Gasteiger partial charge >= 0.3 is 0 Å². The van der Waals surface area contributed by atoms with Gasteiger partial charge in [0.05, 0.1) is 0 Å². The van der Waals surface area contributed by atoms with Gasteiger partial charge in [-0.15, -0.1) is 0 Å². The van der Waals surface area contributed by atoms with Crippen LogP contribution >= 0.6 is 0 Å². The molecule has 2 nitrogen and oxygen atoms in total. The first kappa shape index (κ1) is 9.46. The van der Waals surface area contributed by atoms with E-state index in [1.807, 2.05) is 24.3 Å². The summed E-state index contributed by atoms with van der Waals surface area (Å²) in [6, 6.07) is 7.43. The van der Waals surface area contributed by atoms with E-state index in [9.17, 15) is 4.39 Å². The first-order valence-corrected chi connectivity index (χ1v) is 4.74. The van der Waals surface area contributed by atoms with E-state index in [0.717, 1.165) is 5.56 Å². The molecule has 0 bridgehead atoms. The van der Waals surface area contributed by atoms with Crippen LogP contribution in [0.2, 0.25) is 0 Å². The van der Waals surface area contributed by atoms with Gasteiger partial charge in [-0.25, -0.2) is 4.39 Å². The molecule has 1 aromatic rings. The number of hydrogen-bond acceptors (Lipinski definition) is 2. The van der Waals surface area contributed by atoms with Crippen LogP contribution in [-0.2, 0) is 0 Å². The number of rotatable bonds is 1. The van der Waals surface area contributed by atoms with Crippen molar-refractivity contribution in [2.45, 2.75) is 25.0 Å². The van der Waals surface area contributed by atoms with E-state index >= 15 is 0 Å². The summed E-state index contributed by atoms with van der Waals surface area (Å²) in [5, 5.41) is 0. The monoisotopic (exact) mass is 195 g/mol. The number of para-hydroxylation sites is 1. The Kier molecular flexibility index (Phi) is 2.19. The Balaban J connectivity index is 2.38. The molecule has 2 atom stereocenters. The highest BCUT2D eigenvalue weighted by Gasteiger charge is 2.35. The molecular formula is C11H14FNO. The van der Waals surface area contributed by atoms with Crippen molar-refractivity contribution in [2.24, 2.45) is 5.73 Å². The Bertz CT molecular complexity index is 342. The summed E-state index contributed by atoms with van der Waals surface area (Å²) >= 11 is 0. The molecule has 1 aliphatic rings. The molecule has 3 heteroatoms. The molecule has 0 saturated carbocycles. The number of ether oxygens (including phenoxy) is 1. The summed E-state index contributed by atoms with van der Waals surface area (Å²) in [5.74, 6) is 0.714. The van der Waals surface area contributed by atoms with E-state index < -0.39 is 12.3 Å². The molecule has 0 saturated heterocycles. The standard InChI is InChI=1S/C11H14FNO/c1-11(7-12)6-9(13)8-4-2-3-5-10(8)14-11/h2-5,9H,6-7,13H2,1H3/t9-,11-/m1/s1. The van der Waals surface area contributed by atoms with Crippen molar-refractivity contribution < 1.29 is 9.13 Å². The third-order valence-corrected chi connectivity index (χ3v) is 2.61. The molecule has 0 aliphatic carbocycles. The van der Waals surface area contributed by atoms with E-state index in [1.54, 1.807) is 6.92 Å². The Labute approximate surface area is 82.9 Å². The predicted molar refractivity (Wildman–Crippen MR) is 53.0 cm³/mol. The average Bonchev–Trinajstić information content (AvgIpc) is 2.18. The number of halogens is 1. The average molecular weight is 195 g/mol. The Hall–Kier alpha value is -1.09. The summed E-state index contributed by atoms with van der Waals surface area (Å²) in [6.45, 7) is 1.25. The predicted octanol–water partition coefficient (Wildman–Crippen LogP) is 2.20. The molecular weight excluding hydrogens is 181 g/mol. The van der Waals surface area contributed by atoms with Gasteiger partial charge in [-0.2, -0.15) is 0 Å². The normalized spacial score (nSPS) is 30.6. The zero-order valence-corrected chi connectivity index (χ0v) is 8.16. The van der Waals surface area contributed by atoms with Crippen molar-refractivity contribution in [3.8, 4) is 5.75 Å². The second-order valence-corrected chi connectivity index (χ2v) is 4.03. The highest BCUT2D eigenvalue weighted by molar-refractivity contribution is 5.38. The maximum Gasteiger partial charge on any atom is 0.136 e. The molecule has 14 heavy (non-hydrogen) atoms. The molecule has 0 unspecified atom stereocenters. The van der Waals surface area contributed by atoms with Gasteiger partial charge in [0.1, 0.15) is 18.0 Å². The van der Waals surface area contributed by atoms with E-state index in [0.29, 0.717) is 12.2 Å². The quantitative estimate of drug-likeness (QED) is 0.745. The molecule has 0 aromatic heterocycles. The minimum absolute atomic E-state index is 0.124. The van der Waals surface area contributed by atoms with E-state index in [2.05, 4.69) is 0 Å². The lowest BCUT2D eigenvalue weighted by Crippen LogP contribution is -2.42. The van der Waals surface area contributed by atoms with Crippen LogP contribution in [0.3, 0.4) is 0 Å². The summed E-state index contributed by atoms with van der Waals surface area (Å²) in [4.78, 5) is 0. The number of nitrogens with two attached hydrogens (primary N) is 1. The second-order valence-electron chi connectivity index (χ2n) is 4.03. The number of fused-ring (bicyclic) bond motifs is 1. The van der Waals surface area contributed by atoms with Crippen molar-refractivity contribution in [3.05, 3.63) is 29.8 Å². The van der Waals surface area contributed by atoms with Gasteiger partial charge in [0.2, 0.25) is 0 Å². The largest absolute Gasteiger partial charge is 0.484 e. The summed E-state index contributed by atoms with van der Waals surface area (Å²) in [6.07, 6.45) is 0.528. The lowest BCUT2D eigenvalue weighted by atomic mass is 9.90. The molecule has 2 rings (SSSR count).